The Morgan fingerprint density at radius 2 is 0.574 bits per heavy atom. The maximum Gasteiger partial charge on any atom is 0.270 e. The third-order valence-electron chi connectivity index (χ3n) is 28.8. The molecule has 0 radical (unpaired) electrons. The van der Waals surface area contributed by atoms with E-state index in [1.807, 2.05) is 298 Å². The number of hydrogen-bond donors (Lipinski definition) is 3. The summed E-state index contributed by atoms with van der Waals surface area (Å²) in [6.07, 6.45) is 20.2. The van der Waals surface area contributed by atoms with Crippen molar-refractivity contribution in [1.82, 2.24) is 83.6 Å². The number of para-hydroxylation sites is 4. The first kappa shape index (κ1) is 103. The molecule has 21 rings (SSSR count). The van der Waals surface area contributed by atoms with Gasteiger partial charge >= 0.3 is 0 Å². The minimum atomic E-state index is -0.0716. The molecule has 0 saturated carbocycles. The van der Waals surface area contributed by atoms with Crippen molar-refractivity contribution in [3.05, 3.63) is 404 Å². The fourth-order valence-corrected chi connectivity index (χ4v) is 21.0. The Morgan fingerprint density at radius 3 is 0.899 bits per heavy atom. The van der Waals surface area contributed by atoms with Crippen molar-refractivity contribution in [2.45, 2.75) is 103 Å². The number of aromatic nitrogens is 8. The Morgan fingerprint density at radius 1 is 0.264 bits per heavy atom. The molecule has 29 heteroatoms. The fourth-order valence-electron chi connectivity index (χ4n) is 20.5. The lowest BCUT2D eigenvalue weighted by molar-refractivity contribution is -0.138. The van der Waals surface area contributed by atoms with Gasteiger partial charge in [-0.25, -0.2) is 0 Å². The molecule has 13 heterocycles. The first-order valence-corrected chi connectivity index (χ1v) is 52.7. The van der Waals surface area contributed by atoms with E-state index in [4.69, 9.17) is 46.4 Å². The predicted molar refractivity (Wildman–Crippen MR) is 583 cm³/mol. The molecule has 758 valence electrons. The highest BCUT2D eigenvalue weighted by Crippen LogP contribution is 2.34. The molecule has 148 heavy (non-hydrogen) atoms. The predicted octanol–water partition coefficient (Wildman–Crippen LogP) is 19.8. The summed E-state index contributed by atoms with van der Waals surface area (Å²) >= 11 is 24.3. The number of carbonyl (C=O) groups is 8. The number of piperazine rings is 1. The van der Waals surface area contributed by atoms with Gasteiger partial charge in [0, 0.05) is 274 Å². The minimum absolute atomic E-state index is 0.00849. The quantitative estimate of drug-likeness (QED) is 0.0433. The summed E-state index contributed by atoms with van der Waals surface area (Å²) in [6, 6.07) is 88.8. The highest BCUT2D eigenvalue weighted by atomic mass is 35.5. The number of amides is 8. The molecule has 8 aromatic heterocycles. The number of fused-ring (bicyclic) bond motifs is 4. The second-order valence-electron chi connectivity index (χ2n) is 38.6. The first-order chi connectivity index (χ1) is 72.3. The van der Waals surface area contributed by atoms with Gasteiger partial charge in [0.05, 0.1) is 0 Å². The Balaban J connectivity index is 0.000000129. The van der Waals surface area contributed by atoms with Crippen LogP contribution in [0.5, 0.6) is 0 Å². The molecule has 5 fully saturated rings. The zero-order chi connectivity index (χ0) is 102. The monoisotopic (exact) mass is 2060 g/mol. The van der Waals surface area contributed by atoms with E-state index in [1.165, 1.54) is 5.56 Å². The zero-order valence-electron chi connectivity index (χ0n) is 82.8. The van der Waals surface area contributed by atoms with Gasteiger partial charge in [-0.2, -0.15) is 0 Å². The maximum absolute atomic E-state index is 13.8. The second kappa shape index (κ2) is 50.2. The third kappa shape index (κ3) is 26.7. The van der Waals surface area contributed by atoms with E-state index >= 15 is 0 Å². The number of hydrogen-bond acceptors (Lipinski definition) is 13. The van der Waals surface area contributed by atoms with Gasteiger partial charge < -0.3 is 58.7 Å². The van der Waals surface area contributed by atoms with E-state index < -0.39 is 0 Å². The van der Waals surface area contributed by atoms with Crippen LogP contribution in [0.2, 0.25) is 20.1 Å². The van der Waals surface area contributed by atoms with Crippen LogP contribution in [0.4, 0.5) is 0 Å². The van der Waals surface area contributed by atoms with E-state index in [-0.39, 0.29) is 70.9 Å². The average molecular weight is 2060 g/mol. The average Bonchev–Trinajstić information content (AvgIpc) is 1.64. The van der Waals surface area contributed by atoms with E-state index in [0.717, 1.165) is 128 Å². The number of piperidine rings is 4. The van der Waals surface area contributed by atoms with Crippen molar-refractivity contribution in [3.8, 4) is 0 Å². The molecule has 3 N–H and O–H groups in total. The van der Waals surface area contributed by atoms with E-state index in [2.05, 4.69) is 71.2 Å². The highest BCUT2D eigenvalue weighted by Gasteiger charge is 2.37. The number of halogens is 4. The first-order valence-electron chi connectivity index (χ1n) is 51.2. The van der Waals surface area contributed by atoms with Crippen LogP contribution in [0.25, 0.3) is 43.6 Å². The summed E-state index contributed by atoms with van der Waals surface area (Å²) in [5.41, 5.74) is 15.6. The van der Waals surface area contributed by atoms with E-state index in [1.54, 1.807) is 31.0 Å². The van der Waals surface area contributed by atoms with Gasteiger partial charge in [-0.3, -0.25) is 63.2 Å². The molecular formula is C119H121Cl4N17O8. The molecule has 5 saturated heterocycles. The number of nitrogens with zero attached hydrogens (tertiary/aromatic N) is 14. The summed E-state index contributed by atoms with van der Waals surface area (Å²) < 4.78 is 8.34. The highest BCUT2D eigenvalue weighted by molar-refractivity contribution is 6.31. The van der Waals surface area contributed by atoms with Gasteiger partial charge in [-0.05, 0) is 237 Å². The Bertz CT molecular complexity index is 6720. The molecule has 8 aromatic carbocycles. The Hall–Kier alpha value is -14.6. The number of rotatable bonds is 27. The summed E-state index contributed by atoms with van der Waals surface area (Å²) in [6.45, 7) is 12.8. The van der Waals surface area contributed by atoms with Crippen LogP contribution in [-0.2, 0) is 71.2 Å². The SMILES string of the molecule is O=C(NCCc1ccccn1)C1CCN(C(=O)c2cc3ccccc3n2Cc2ccc(Cl)cc2)CC1.O=C(NCCc1cccnc1)C1CCN(C(=O)c2cc3ccccc3n2Cc2ccc(Cl)cc2)CC1.O=C(NCCc1ccncc1)C1CCN(C(=O)c2cc3ccccc3n2Cc2ccc(Cl)cc2)CC1.O=C(c1cc2ccccc2n1Cc1ccc(Cl)cc1)N1CCC(C(=O)N2CCN(Cc3cccnc3)CC2)CC1. The van der Waals surface area contributed by atoms with Crippen molar-refractivity contribution in [1.29, 1.82) is 0 Å². The van der Waals surface area contributed by atoms with Gasteiger partial charge in [0.1, 0.15) is 22.8 Å². The van der Waals surface area contributed by atoms with Crippen molar-refractivity contribution in [2.24, 2.45) is 23.7 Å². The topological polar surface area (TPSA) is 263 Å². The normalized spacial score (nSPS) is 14.9. The lowest BCUT2D eigenvalue weighted by Crippen LogP contribution is -2.51. The number of benzene rings is 8. The number of nitrogens with one attached hydrogen (secondary N) is 3. The van der Waals surface area contributed by atoms with Gasteiger partial charge in [0.15, 0.2) is 0 Å². The zero-order valence-corrected chi connectivity index (χ0v) is 85.8. The molecule has 5 aliphatic heterocycles. The summed E-state index contributed by atoms with van der Waals surface area (Å²) in [4.78, 5) is 135. The summed E-state index contributed by atoms with van der Waals surface area (Å²) in [5.74, 6) is 0.290. The van der Waals surface area contributed by atoms with Gasteiger partial charge in [-0.15, -0.1) is 0 Å². The van der Waals surface area contributed by atoms with E-state index in [9.17, 15) is 38.4 Å². The molecular weight excluding hydrogens is 1940 g/mol. The van der Waals surface area contributed by atoms with E-state index in [0.29, 0.717) is 199 Å². The molecule has 0 spiro atoms. The molecule has 8 amide bonds. The Labute approximate surface area is 882 Å². The summed E-state index contributed by atoms with van der Waals surface area (Å²) in [5, 5.41) is 16.1. The van der Waals surface area contributed by atoms with Crippen LogP contribution in [0.15, 0.2) is 316 Å². The molecule has 25 nitrogen and oxygen atoms in total. The molecule has 0 unspecified atom stereocenters. The van der Waals surface area contributed by atoms with Crippen LogP contribution in [-0.4, -0.2) is 213 Å². The standard InChI is InChI=1S/C32H34ClN5O2.3C29H29ClN4O2/c33-28-9-7-24(8-10-28)23-38-29-6-2-1-5-27(29)20-30(38)32(40)36-14-11-26(12-15-36)31(39)37-18-16-35(17-19-37)22-25-4-3-13-34-21-25;30-24-10-8-21(9-11-24)20-34-26-7-2-1-5-23(26)19-27(34)29(36)33-17-13-22(14-18-33)28(35)32-16-12-25-6-3-4-15-31-25;30-25-9-7-22(8-10-25)20-34-26-6-2-1-5-24(26)18-27(34)29(36)33-16-12-23(13-17-33)28(35)32-15-11-21-4-3-14-31-19-21;30-25-7-5-22(6-8-25)20-34-26-4-2-1-3-24(26)19-27(34)29(36)33-17-12-23(13-18-33)28(35)32-16-11-21-9-14-31-15-10-21/h1-10,13,20-21,26H,11-12,14-19,22-23H2;1-11,15,19,22H,12-14,16-18,20H2,(H,32,35);1-10,14,18-19,23H,11-13,15-17,20H2,(H,32,35);1-10,14-15,19,23H,11-13,16-18,20H2,(H,32,35). The van der Waals surface area contributed by atoms with Gasteiger partial charge in [-0.1, -0.05) is 186 Å². The van der Waals surface area contributed by atoms with Crippen LogP contribution in [0.1, 0.15) is 138 Å². The van der Waals surface area contributed by atoms with Gasteiger partial charge in [0.2, 0.25) is 23.6 Å². The maximum atomic E-state index is 13.8. The number of likely N-dealkylation sites (tertiary alicyclic amines) is 4. The third-order valence-corrected chi connectivity index (χ3v) is 29.9. The summed E-state index contributed by atoms with van der Waals surface area (Å²) in [7, 11) is 0. The Kier molecular flexibility index (Phi) is 35.1. The van der Waals surface area contributed by atoms with Crippen LogP contribution in [0.3, 0.4) is 0 Å². The molecule has 0 atom stereocenters. The number of pyridine rings is 4. The van der Waals surface area contributed by atoms with Crippen LogP contribution >= 0.6 is 46.4 Å². The molecule has 16 aromatic rings. The number of carbonyl (C=O) groups excluding carboxylic acids is 8. The lowest BCUT2D eigenvalue weighted by Gasteiger charge is -2.38. The van der Waals surface area contributed by atoms with Crippen molar-refractivity contribution in [3.63, 3.8) is 0 Å². The fraction of sp³-hybridized carbons (Fsp3) is 0.294. The molecule has 0 bridgehead atoms. The largest absolute Gasteiger partial charge is 0.356 e. The minimum Gasteiger partial charge on any atom is -0.356 e. The smallest absolute Gasteiger partial charge is 0.270 e. The van der Waals surface area contributed by atoms with Crippen molar-refractivity contribution >= 4 is 137 Å². The second-order valence-corrected chi connectivity index (χ2v) is 40.3. The molecule has 0 aliphatic carbocycles. The van der Waals surface area contributed by atoms with Crippen LogP contribution in [0, 0.1) is 23.7 Å². The van der Waals surface area contributed by atoms with Gasteiger partial charge in [0.25, 0.3) is 23.6 Å². The van der Waals surface area contributed by atoms with Crippen molar-refractivity contribution < 1.29 is 38.4 Å². The van der Waals surface area contributed by atoms with Crippen LogP contribution < -0.4 is 16.0 Å². The van der Waals surface area contributed by atoms with Crippen molar-refractivity contribution in [2.75, 3.05) is 98.2 Å². The lowest BCUT2D eigenvalue weighted by atomic mass is 9.94. The molecule has 5 aliphatic rings.